The second-order valence-corrected chi connectivity index (χ2v) is 7.40. The molecular weight excluding hydrogens is 293 g/mol. The van der Waals surface area contributed by atoms with Crippen LogP contribution in [-0.4, -0.2) is 21.1 Å². The van der Waals surface area contributed by atoms with E-state index in [1.165, 1.54) is 12.8 Å². The molecule has 0 radical (unpaired) electrons. The van der Waals surface area contributed by atoms with Gasteiger partial charge in [0.1, 0.15) is 0 Å². The van der Waals surface area contributed by atoms with Gasteiger partial charge in [-0.1, -0.05) is 0 Å². The number of halogens is 2. The Morgan fingerprint density at radius 3 is 1.65 bits per heavy atom. The zero-order chi connectivity index (χ0) is 12.1. The van der Waals surface area contributed by atoms with Gasteiger partial charge in [0.2, 0.25) is 0 Å². The van der Waals surface area contributed by atoms with Crippen molar-refractivity contribution in [2.24, 2.45) is 0 Å². The van der Waals surface area contributed by atoms with Crippen molar-refractivity contribution in [3.63, 3.8) is 0 Å². The molecule has 0 spiro atoms. The summed E-state index contributed by atoms with van der Waals surface area (Å²) >= 11 is -0.440. The average molecular weight is 322 g/mol. The molecule has 0 aromatic carbocycles. The van der Waals surface area contributed by atoms with Gasteiger partial charge in [-0.2, -0.15) is 0 Å². The van der Waals surface area contributed by atoms with E-state index in [4.69, 9.17) is 3.32 Å². The Bertz CT molecular complexity index is 164. The predicted molar refractivity (Wildman–Crippen MR) is 76.7 cm³/mol. The Morgan fingerprint density at radius 2 is 1.35 bits per heavy atom. The summed E-state index contributed by atoms with van der Waals surface area (Å²) in [7, 11) is 0. The minimum Gasteiger partial charge on any atom is -0.147 e. The second kappa shape index (κ2) is 10.1. The maximum absolute atomic E-state index is 5.84. The van der Waals surface area contributed by atoms with Gasteiger partial charge < -0.3 is 0 Å². The summed E-state index contributed by atoms with van der Waals surface area (Å²) in [5.41, 5.74) is 0.426. The van der Waals surface area contributed by atoms with E-state index in [1.54, 1.807) is 0 Å². The van der Waals surface area contributed by atoms with Gasteiger partial charge in [-0.25, -0.2) is 0 Å². The molecule has 0 heterocycles. The van der Waals surface area contributed by atoms with Crippen molar-refractivity contribution >= 4 is 24.8 Å². The summed E-state index contributed by atoms with van der Waals surface area (Å²) in [5, 5.41) is 0. The third-order valence-electron chi connectivity index (χ3n) is 2.10. The van der Waals surface area contributed by atoms with Crippen molar-refractivity contribution in [1.29, 1.82) is 0 Å². The van der Waals surface area contributed by atoms with E-state index in [-0.39, 0.29) is 35.9 Å². The van der Waals surface area contributed by atoms with Crippen molar-refractivity contribution in [1.82, 2.24) is 3.38 Å². The maximum Gasteiger partial charge on any atom is -0.147 e. The second-order valence-electron chi connectivity index (χ2n) is 5.97. The Labute approximate surface area is 130 Å². The molecule has 2 nitrogen and oxygen atoms in total. The Hall–Kier alpha value is 1.21. The Balaban J connectivity index is -0.000000980. The number of rotatable bonds is 5. The molecule has 0 aromatic heterocycles. The molecule has 0 unspecified atom stereocenters. The number of hydrogen-bond donors (Lipinski definition) is 0. The first-order valence-corrected chi connectivity index (χ1v) is 7.21. The van der Waals surface area contributed by atoms with Gasteiger partial charge in [0, 0.05) is 0 Å². The largest absolute Gasteiger partial charge is 0.147 e. The fraction of sp³-hybridized carbons (Fsp3) is 1.00. The first-order chi connectivity index (χ1) is 6.69. The summed E-state index contributed by atoms with van der Waals surface area (Å²) in [5.74, 6) is 0. The zero-order valence-corrected chi connectivity index (χ0v) is 15.5. The van der Waals surface area contributed by atoms with Crippen molar-refractivity contribution < 1.29 is 23.1 Å². The van der Waals surface area contributed by atoms with Crippen LogP contribution in [-0.2, 0) is 23.1 Å². The van der Waals surface area contributed by atoms with Crippen molar-refractivity contribution in [2.75, 3.05) is 6.61 Å². The molecule has 0 bridgehead atoms. The predicted octanol–water partition coefficient (Wildman–Crippen LogP) is 4.46. The van der Waals surface area contributed by atoms with Gasteiger partial charge in [-0.3, -0.25) is 0 Å². The molecule has 0 saturated carbocycles. The molecule has 0 saturated heterocycles. The van der Waals surface area contributed by atoms with E-state index in [0.29, 0.717) is 0 Å². The van der Waals surface area contributed by atoms with Crippen LogP contribution in [0.2, 0.25) is 0 Å². The smallest absolute Gasteiger partial charge is 0.147 e. The van der Waals surface area contributed by atoms with Crippen LogP contribution in [0, 0.1) is 0 Å². The van der Waals surface area contributed by atoms with Crippen molar-refractivity contribution in [2.45, 2.75) is 72.4 Å². The van der Waals surface area contributed by atoms with E-state index in [1.807, 2.05) is 0 Å². The molecule has 0 aromatic rings. The summed E-state index contributed by atoms with van der Waals surface area (Å²) in [6.45, 7) is 16.7. The molecule has 0 aliphatic rings. The van der Waals surface area contributed by atoms with Crippen LogP contribution in [0.4, 0.5) is 0 Å². The zero-order valence-electron chi connectivity index (χ0n) is 12.3. The van der Waals surface area contributed by atoms with Crippen molar-refractivity contribution in [3.05, 3.63) is 0 Å². The summed E-state index contributed by atoms with van der Waals surface area (Å²) in [4.78, 5) is 0. The molecular formula is C12H29Cl2NOTi. The van der Waals surface area contributed by atoms with E-state index in [0.717, 1.165) is 6.61 Å². The van der Waals surface area contributed by atoms with Gasteiger partial charge in [-0.05, 0) is 0 Å². The minimum atomic E-state index is -0.440. The van der Waals surface area contributed by atoms with Crippen LogP contribution in [0.25, 0.3) is 0 Å². The average Bonchev–Trinajstić information content (AvgIpc) is 1.99. The number of unbranched alkanes of at least 4 members (excludes halogenated alkanes) is 1. The molecule has 5 heteroatoms. The monoisotopic (exact) mass is 321 g/mol. The molecule has 0 amide bonds. The van der Waals surface area contributed by atoms with E-state index in [9.17, 15) is 0 Å². The van der Waals surface area contributed by atoms with Gasteiger partial charge in [-0.15, -0.1) is 24.8 Å². The van der Waals surface area contributed by atoms with Crippen molar-refractivity contribution in [3.8, 4) is 0 Å². The fourth-order valence-electron chi connectivity index (χ4n) is 1.61. The molecule has 0 N–H and O–H groups in total. The van der Waals surface area contributed by atoms with Gasteiger partial charge in [0.15, 0.2) is 0 Å². The molecule has 0 atom stereocenters. The molecule has 17 heavy (non-hydrogen) atoms. The van der Waals surface area contributed by atoms with Gasteiger partial charge in [0.05, 0.1) is 0 Å². The van der Waals surface area contributed by atoms with Crippen LogP contribution >= 0.6 is 24.8 Å². The van der Waals surface area contributed by atoms with E-state index >= 15 is 0 Å². The summed E-state index contributed by atoms with van der Waals surface area (Å²) in [6, 6.07) is 0. The maximum atomic E-state index is 5.84. The normalized spacial score (nSPS) is 11.8. The Morgan fingerprint density at radius 1 is 0.941 bits per heavy atom. The molecule has 0 rings (SSSR count). The van der Waals surface area contributed by atoms with E-state index < -0.39 is 19.8 Å². The molecule has 106 valence electrons. The number of hydrogen-bond acceptors (Lipinski definition) is 2. The van der Waals surface area contributed by atoms with Crippen LogP contribution in [0.5, 0.6) is 0 Å². The summed E-state index contributed by atoms with van der Waals surface area (Å²) < 4.78 is 8.36. The van der Waals surface area contributed by atoms with Crippen LogP contribution in [0.15, 0.2) is 0 Å². The Kier molecular flexibility index (Phi) is 13.8. The number of nitrogens with zero attached hydrogens (tertiary/aromatic N) is 1. The van der Waals surface area contributed by atoms with E-state index in [2.05, 4.69) is 51.8 Å². The molecule has 0 aliphatic heterocycles. The van der Waals surface area contributed by atoms with Gasteiger partial charge in [0.25, 0.3) is 0 Å². The first-order valence-electron chi connectivity index (χ1n) is 5.87. The third kappa shape index (κ3) is 10.8. The third-order valence-corrected chi connectivity index (χ3v) is 5.00. The van der Waals surface area contributed by atoms with Crippen LogP contribution < -0.4 is 0 Å². The standard InChI is InChI=1S/C8H18N.C4H9O.2ClH.Ti/c1-7(2,3)9-8(4,5)6;1-2-3-4-5;;;/h1-6H3;2-4H2,1H3;2*1H;/q2*-1;;;+2. The fourth-order valence-corrected chi connectivity index (χ4v) is 3.03. The topological polar surface area (TPSA) is 12.5 Å². The molecule has 0 fully saturated rings. The molecule has 0 aliphatic carbocycles. The van der Waals surface area contributed by atoms with Crippen LogP contribution in [0.3, 0.4) is 0 Å². The minimum absolute atomic E-state index is 0. The first kappa shape index (κ1) is 23.3. The SMILES string of the molecule is CCCC[O][Ti][N](C(C)(C)C)C(C)(C)C.Cl.Cl. The van der Waals surface area contributed by atoms with Crippen LogP contribution in [0.1, 0.15) is 61.3 Å². The van der Waals surface area contributed by atoms with Gasteiger partial charge >= 0.3 is 105 Å². The summed E-state index contributed by atoms with van der Waals surface area (Å²) in [6.07, 6.45) is 2.41. The quantitative estimate of drug-likeness (QED) is 0.547.